The lowest BCUT2D eigenvalue weighted by molar-refractivity contribution is 0.0956. The Labute approximate surface area is 139 Å². The van der Waals surface area contributed by atoms with Gasteiger partial charge in [-0.05, 0) is 37.6 Å². The fourth-order valence-electron chi connectivity index (χ4n) is 2.30. The van der Waals surface area contributed by atoms with Gasteiger partial charge >= 0.3 is 0 Å². The van der Waals surface area contributed by atoms with E-state index in [1.807, 2.05) is 55.8 Å². The van der Waals surface area contributed by atoms with Gasteiger partial charge in [0.25, 0.3) is 5.91 Å². The van der Waals surface area contributed by atoms with Crippen LogP contribution in [0.1, 0.15) is 22.8 Å². The van der Waals surface area contributed by atoms with Crippen molar-refractivity contribution in [3.8, 4) is 21.8 Å². The summed E-state index contributed by atoms with van der Waals surface area (Å²) in [5.74, 6) is -0.0621. The van der Waals surface area contributed by atoms with Crippen LogP contribution >= 0.6 is 11.3 Å². The van der Waals surface area contributed by atoms with Gasteiger partial charge in [0.1, 0.15) is 5.01 Å². The highest BCUT2D eigenvalue weighted by molar-refractivity contribution is 7.13. The zero-order valence-corrected chi connectivity index (χ0v) is 13.9. The number of nitrogens with one attached hydrogen (secondary N) is 1. The molecule has 23 heavy (non-hydrogen) atoms. The van der Waals surface area contributed by atoms with Crippen LogP contribution in [0.15, 0.2) is 48.1 Å². The Balaban J connectivity index is 1.93. The number of thiazole rings is 1. The van der Waals surface area contributed by atoms with E-state index in [2.05, 4.69) is 10.3 Å². The van der Waals surface area contributed by atoms with Crippen LogP contribution < -0.4 is 5.32 Å². The van der Waals surface area contributed by atoms with E-state index in [4.69, 9.17) is 4.98 Å². The summed E-state index contributed by atoms with van der Waals surface area (Å²) in [5, 5.41) is 5.77. The van der Waals surface area contributed by atoms with E-state index in [1.165, 1.54) is 0 Å². The molecule has 1 N–H and O–H groups in total. The molecule has 0 saturated carbocycles. The highest BCUT2D eigenvalue weighted by atomic mass is 32.1. The first-order chi connectivity index (χ1) is 11.2. The van der Waals surface area contributed by atoms with Crippen LogP contribution in [0.4, 0.5) is 0 Å². The monoisotopic (exact) mass is 323 g/mol. The maximum absolute atomic E-state index is 12.0. The van der Waals surface area contributed by atoms with Gasteiger partial charge in [-0.2, -0.15) is 0 Å². The number of hydrogen-bond acceptors (Lipinski definition) is 4. The van der Waals surface area contributed by atoms with E-state index in [0.717, 1.165) is 27.4 Å². The lowest BCUT2D eigenvalue weighted by atomic mass is 10.1. The number of pyridine rings is 1. The maximum Gasteiger partial charge on any atom is 0.251 e. The second kappa shape index (κ2) is 6.71. The molecule has 3 aromatic rings. The van der Waals surface area contributed by atoms with Crippen LogP contribution in [0.5, 0.6) is 0 Å². The van der Waals surface area contributed by atoms with Crippen LogP contribution in [0.25, 0.3) is 21.8 Å². The van der Waals surface area contributed by atoms with Crippen molar-refractivity contribution in [1.82, 2.24) is 15.3 Å². The first-order valence-corrected chi connectivity index (χ1v) is 8.32. The van der Waals surface area contributed by atoms with Gasteiger partial charge < -0.3 is 5.32 Å². The number of carbonyl (C=O) groups is 1. The van der Waals surface area contributed by atoms with E-state index in [1.54, 1.807) is 17.5 Å². The van der Waals surface area contributed by atoms with E-state index < -0.39 is 0 Å². The number of hydrogen-bond donors (Lipinski definition) is 1. The Morgan fingerprint density at radius 1 is 1.30 bits per heavy atom. The van der Waals surface area contributed by atoms with Gasteiger partial charge in [-0.3, -0.25) is 9.78 Å². The third-order valence-corrected chi connectivity index (χ3v) is 4.41. The molecule has 0 aliphatic rings. The number of amides is 1. The number of carbonyl (C=O) groups excluding carboxylic acids is 1. The minimum absolute atomic E-state index is 0.0621. The number of aromatic nitrogens is 2. The van der Waals surface area contributed by atoms with Crippen LogP contribution in [-0.4, -0.2) is 22.4 Å². The summed E-state index contributed by atoms with van der Waals surface area (Å²) in [4.78, 5) is 20.8. The molecule has 5 heteroatoms. The second-order valence-electron chi connectivity index (χ2n) is 5.17. The fourth-order valence-corrected chi connectivity index (χ4v) is 3.20. The number of nitrogens with zero attached hydrogens (tertiary/aromatic N) is 2. The lowest BCUT2D eigenvalue weighted by Crippen LogP contribution is -2.22. The van der Waals surface area contributed by atoms with Gasteiger partial charge in [0, 0.05) is 41.0 Å². The maximum atomic E-state index is 12.0. The first kappa shape index (κ1) is 15.4. The molecule has 2 heterocycles. The van der Waals surface area contributed by atoms with Crippen molar-refractivity contribution in [2.24, 2.45) is 0 Å². The zero-order chi connectivity index (χ0) is 16.2. The Bertz CT molecular complexity index is 842. The number of benzene rings is 1. The molecule has 1 amide bonds. The SMILES string of the molecule is CCNC(=O)c1cccc(-c2csc(-c3cnccc3C)n2)c1. The molecule has 0 saturated heterocycles. The molecule has 0 unspecified atom stereocenters. The van der Waals surface area contributed by atoms with Crippen molar-refractivity contribution >= 4 is 17.2 Å². The average molecular weight is 323 g/mol. The molecule has 0 spiro atoms. The predicted molar refractivity (Wildman–Crippen MR) is 93.5 cm³/mol. The van der Waals surface area contributed by atoms with Gasteiger partial charge in [0.05, 0.1) is 5.69 Å². The molecule has 3 rings (SSSR count). The third-order valence-electron chi connectivity index (χ3n) is 3.53. The molecule has 116 valence electrons. The smallest absolute Gasteiger partial charge is 0.251 e. The van der Waals surface area contributed by atoms with Gasteiger partial charge in [-0.25, -0.2) is 4.98 Å². The summed E-state index contributed by atoms with van der Waals surface area (Å²) in [6.07, 6.45) is 3.62. The molecule has 0 aliphatic heterocycles. The van der Waals surface area contributed by atoms with Crippen molar-refractivity contribution in [1.29, 1.82) is 0 Å². The quantitative estimate of drug-likeness (QED) is 0.791. The first-order valence-electron chi connectivity index (χ1n) is 7.44. The Hall–Kier alpha value is -2.53. The number of rotatable bonds is 4. The van der Waals surface area contributed by atoms with Crippen LogP contribution in [0.2, 0.25) is 0 Å². The van der Waals surface area contributed by atoms with E-state index in [9.17, 15) is 4.79 Å². The predicted octanol–water partition coefficient (Wildman–Crippen LogP) is 3.93. The van der Waals surface area contributed by atoms with Crippen molar-refractivity contribution in [3.05, 3.63) is 59.2 Å². The summed E-state index contributed by atoms with van der Waals surface area (Å²) in [6, 6.07) is 9.52. The second-order valence-corrected chi connectivity index (χ2v) is 6.03. The molecule has 0 aliphatic carbocycles. The lowest BCUT2D eigenvalue weighted by Gasteiger charge is -2.04. The summed E-state index contributed by atoms with van der Waals surface area (Å²) >= 11 is 1.58. The van der Waals surface area contributed by atoms with E-state index in [0.29, 0.717) is 12.1 Å². The van der Waals surface area contributed by atoms with Crippen molar-refractivity contribution < 1.29 is 4.79 Å². The Morgan fingerprint density at radius 3 is 2.96 bits per heavy atom. The molecule has 0 atom stereocenters. The Kier molecular flexibility index (Phi) is 4.48. The van der Waals surface area contributed by atoms with Crippen molar-refractivity contribution in [2.75, 3.05) is 6.54 Å². The number of aryl methyl sites for hydroxylation is 1. The summed E-state index contributed by atoms with van der Waals surface area (Å²) in [6.45, 7) is 4.57. The largest absolute Gasteiger partial charge is 0.352 e. The third kappa shape index (κ3) is 3.29. The highest BCUT2D eigenvalue weighted by Gasteiger charge is 2.11. The van der Waals surface area contributed by atoms with Crippen LogP contribution in [-0.2, 0) is 0 Å². The summed E-state index contributed by atoms with van der Waals surface area (Å²) in [5.41, 5.74) is 4.66. The normalized spacial score (nSPS) is 10.5. The van der Waals surface area contributed by atoms with Crippen LogP contribution in [0.3, 0.4) is 0 Å². The Morgan fingerprint density at radius 2 is 2.17 bits per heavy atom. The highest BCUT2D eigenvalue weighted by Crippen LogP contribution is 2.30. The topological polar surface area (TPSA) is 54.9 Å². The molecule has 0 radical (unpaired) electrons. The molecule has 1 aromatic carbocycles. The molecule has 0 bridgehead atoms. The summed E-state index contributed by atoms with van der Waals surface area (Å²) < 4.78 is 0. The fraction of sp³-hybridized carbons (Fsp3) is 0.167. The standard InChI is InChI=1S/C18H17N3OS/c1-3-20-17(22)14-6-4-5-13(9-14)16-11-23-18(21-16)15-10-19-8-7-12(15)2/h4-11H,3H2,1-2H3,(H,20,22). The van der Waals surface area contributed by atoms with Gasteiger partial charge in [0.15, 0.2) is 0 Å². The molecular weight excluding hydrogens is 306 g/mol. The zero-order valence-electron chi connectivity index (χ0n) is 13.0. The molecule has 4 nitrogen and oxygen atoms in total. The minimum atomic E-state index is -0.0621. The average Bonchev–Trinajstić information content (AvgIpc) is 3.05. The van der Waals surface area contributed by atoms with E-state index in [-0.39, 0.29) is 5.91 Å². The van der Waals surface area contributed by atoms with Crippen molar-refractivity contribution in [2.45, 2.75) is 13.8 Å². The molecule has 2 aromatic heterocycles. The summed E-state index contributed by atoms with van der Waals surface area (Å²) in [7, 11) is 0. The molecule has 0 fully saturated rings. The van der Waals surface area contributed by atoms with E-state index >= 15 is 0 Å². The molecular formula is C18H17N3OS. The van der Waals surface area contributed by atoms with Gasteiger partial charge in [-0.15, -0.1) is 11.3 Å². The van der Waals surface area contributed by atoms with Gasteiger partial charge in [-0.1, -0.05) is 12.1 Å². The van der Waals surface area contributed by atoms with Gasteiger partial charge in [0.2, 0.25) is 0 Å². The minimum Gasteiger partial charge on any atom is -0.352 e. The van der Waals surface area contributed by atoms with Crippen molar-refractivity contribution in [3.63, 3.8) is 0 Å². The van der Waals surface area contributed by atoms with Crippen LogP contribution in [0, 0.1) is 6.92 Å².